The van der Waals surface area contributed by atoms with Crippen molar-refractivity contribution in [2.45, 2.75) is 38.6 Å². The molecule has 0 saturated carbocycles. The van der Waals surface area contributed by atoms with E-state index in [0.717, 1.165) is 12.1 Å². The van der Waals surface area contributed by atoms with Gasteiger partial charge in [-0.3, -0.25) is 4.79 Å². The molecule has 0 aliphatic heterocycles. The van der Waals surface area contributed by atoms with Gasteiger partial charge in [-0.05, 0) is 40.4 Å². The second kappa shape index (κ2) is 6.02. The van der Waals surface area contributed by atoms with E-state index in [9.17, 15) is 17.6 Å². The summed E-state index contributed by atoms with van der Waals surface area (Å²) in [5.74, 6) is -1.43. The van der Waals surface area contributed by atoms with Crippen molar-refractivity contribution in [3.8, 4) is 0 Å². The lowest BCUT2D eigenvalue weighted by molar-refractivity contribution is 0.0909. The van der Waals surface area contributed by atoms with E-state index in [0.29, 0.717) is 0 Å². The fourth-order valence-corrected chi connectivity index (χ4v) is 2.94. The van der Waals surface area contributed by atoms with E-state index in [-0.39, 0.29) is 21.5 Å². The van der Waals surface area contributed by atoms with Gasteiger partial charge in [-0.1, -0.05) is 20.8 Å². The largest absolute Gasteiger partial charge is 0.349 e. The Labute approximate surface area is 132 Å². The summed E-state index contributed by atoms with van der Waals surface area (Å²) in [6.45, 7) is 7.63. The van der Waals surface area contributed by atoms with Crippen LogP contribution < -0.4 is 10.5 Å². The third-order valence-corrected chi connectivity index (χ3v) is 5.21. The van der Waals surface area contributed by atoms with Crippen molar-refractivity contribution < 1.29 is 17.6 Å². The number of benzene rings is 1. The maximum atomic E-state index is 13.8. The molecular formula is C13H18BrFN2O3S. The molecule has 1 amide bonds. The van der Waals surface area contributed by atoms with Gasteiger partial charge in [0, 0.05) is 11.6 Å². The second-order valence-electron chi connectivity index (χ2n) is 5.88. The molecule has 1 aromatic carbocycles. The van der Waals surface area contributed by atoms with Gasteiger partial charge in [0.05, 0.1) is 9.37 Å². The smallest absolute Gasteiger partial charge is 0.251 e. The quantitative estimate of drug-likeness (QED) is 0.843. The lowest BCUT2D eigenvalue weighted by Crippen LogP contribution is -2.41. The molecule has 1 atom stereocenters. The first kappa shape index (κ1) is 18.1. The molecule has 1 rings (SSSR count). The molecule has 8 heteroatoms. The lowest BCUT2D eigenvalue weighted by Gasteiger charge is -2.28. The van der Waals surface area contributed by atoms with Crippen molar-refractivity contribution in [1.82, 2.24) is 5.32 Å². The third kappa shape index (κ3) is 4.49. The van der Waals surface area contributed by atoms with Gasteiger partial charge in [0.15, 0.2) is 0 Å². The fourth-order valence-electron chi connectivity index (χ4n) is 1.40. The van der Waals surface area contributed by atoms with E-state index in [1.807, 2.05) is 27.7 Å². The van der Waals surface area contributed by atoms with Crippen LogP contribution in [0.15, 0.2) is 21.5 Å². The van der Waals surface area contributed by atoms with Crippen LogP contribution in [0.3, 0.4) is 0 Å². The van der Waals surface area contributed by atoms with Gasteiger partial charge in [0.25, 0.3) is 5.91 Å². The molecule has 21 heavy (non-hydrogen) atoms. The van der Waals surface area contributed by atoms with E-state index >= 15 is 0 Å². The second-order valence-corrected chi connectivity index (χ2v) is 8.20. The molecule has 0 aromatic heterocycles. The number of carbonyl (C=O) groups is 1. The van der Waals surface area contributed by atoms with Crippen LogP contribution in [0.1, 0.15) is 38.1 Å². The molecule has 3 N–H and O–H groups in total. The summed E-state index contributed by atoms with van der Waals surface area (Å²) in [6.07, 6.45) is 0. The van der Waals surface area contributed by atoms with Crippen LogP contribution in [0.25, 0.3) is 0 Å². The molecule has 1 unspecified atom stereocenters. The molecule has 0 fully saturated rings. The molecule has 5 nitrogen and oxygen atoms in total. The normalized spacial score (nSPS) is 13.9. The van der Waals surface area contributed by atoms with Crippen LogP contribution in [0.5, 0.6) is 0 Å². The van der Waals surface area contributed by atoms with Gasteiger partial charge in [0.1, 0.15) is 5.82 Å². The number of amides is 1. The highest BCUT2D eigenvalue weighted by Crippen LogP contribution is 2.26. The monoisotopic (exact) mass is 380 g/mol. The highest BCUT2D eigenvalue weighted by Gasteiger charge is 2.24. The first-order valence-corrected chi connectivity index (χ1v) is 8.50. The Hall–Kier alpha value is -0.990. The van der Waals surface area contributed by atoms with Crippen molar-refractivity contribution in [3.05, 3.63) is 28.0 Å². The van der Waals surface area contributed by atoms with Crippen LogP contribution in [0, 0.1) is 11.2 Å². The Balaban J connectivity index is 3.21. The summed E-state index contributed by atoms with van der Waals surface area (Å²) < 4.78 is 36.3. The highest BCUT2D eigenvalue weighted by molar-refractivity contribution is 9.10. The predicted molar refractivity (Wildman–Crippen MR) is 81.9 cm³/mol. The Bertz CT molecular complexity index is 669. The minimum atomic E-state index is -4.14. The van der Waals surface area contributed by atoms with E-state index in [1.165, 1.54) is 0 Å². The fraction of sp³-hybridized carbons (Fsp3) is 0.462. The highest BCUT2D eigenvalue weighted by atomic mass is 79.9. The standard InChI is InChI=1S/C13H18BrFN2O3S/c1-7(13(2,3)4)17-12(18)8-5-9(15)11(14)10(6-8)21(16,19)20/h5-7H,1-4H3,(H,17,18)(H2,16,19,20). The summed E-state index contributed by atoms with van der Waals surface area (Å²) in [5, 5.41) is 7.71. The molecule has 118 valence electrons. The van der Waals surface area contributed by atoms with Crippen LogP contribution >= 0.6 is 15.9 Å². The maximum Gasteiger partial charge on any atom is 0.251 e. The number of hydrogen-bond donors (Lipinski definition) is 2. The number of hydrogen-bond acceptors (Lipinski definition) is 3. The van der Waals surface area contributed by atoms with Gasteiger partial charge in [0.2, 0.25) is 10.0 Å². The first-order valence-electron chi connectivity index (χ1n) is 6.16. The van der Waals surface area contributed by atoms with Crippen molar-refractivity contribution in [1.29, 1.82) is 0 Å². The molecule has 0 aliphatic carbocycles. The zero-order valence-electron chi connectivity index (χ0n) is 12.2. The number of primary sulfonamides is 1. The molecule has 0 radical (unpaired) electrons. The van der Waals surface area contributed by atoms with Gasteiger partial charge in [-0.2, -0.15) is 0 Å². The van der Waals surface area contributed by atoms with Crippen molar-refractivity contribution in [2.75, 3.05) is 0 Å². The minimum Gasteiger partial charge on any atom is -0.349 e. The van der Waals surface area contributed by atoms with Crippen molar-refractivity contribution in [3.63, 3.8) is 0 Å². The molecule has 1 aromatic rings. The van der Waals surface area contributed by atoms with Crippen LogP contribution in [-0.4, -0.2) is 20.4 Å². The summed E-state index contributed by atoms with van der Waals surface area (Å²) in [7, 11) is -4.14. The Morgan fingerprint density at radius 3 is 2.33 bits per heavy atom. The topological polar surface area (TPSA) is 89.3 Å². The van der Waals surface area contributed by atoms with E-state index in [4.69, 9.17) is 5.14 Å². The molecule has 0 aliphatic rings. The van der Waals surface area contributed by atoms with Gasteiger partial charge in [-0.25, -0.2) is 17.9 Å². The van der Waals surface area contributed by atoms with Crippen molar-refractivity contribution in [2.24, 2.45) is 10.6 Å². The summed E-state index contributed by atoms with van der Waals surface area (Å²) >= 11 is 2.82. The van der Waals surface area contributed by atoms with E-state index < -0.39 is 26.6 Å². The molecule has 0 heterocycles. The number of carbonyl (C=O) groups excluding carboxylic acids is 1. The number of halogens is 2. The number of nitrogens with two attached hydrogens (primary N) is 1. The molecular weight excluding hydrogens is 363 g/mol. The molecule has 0 bridgehead atoms. The number of nitrogens with one attached hydrogen (secondary N) is 1. The SMILES string of the molecule is CC(NC(=O)c1cc(F)c(Br)c(S(N)(=O)=O)c1)C(C)(C)C. The van der Waals surface area contributed by atoms with Crippen LogP contribution in [-0.2, 0) is 10.0 Å². The van der Waals surface area contributed by atoms with Gasteiger partial charge < -0.3 is 5.32 Å². The van der Waals surface area contributed by atoms with Crippen LogP contribution in [0.2, 0.25) is 0 Å². The molecule has 0 saturated heterocycles. The number of rotatable bonds is 3. The molecule has 0 spiro atoms. The maximum absolute atomic E-state index is 13.8. The number of sulfonamides is 1. The zero-order valence-corrected chi connectivity index (χ0v) is 14.6. The summed E-state index contributed by atoms with van der Waals surface area (Å²) in [4.78, 5) is 11.7. The Morgan fingerprint density at radius 1 is 1.38 bits per heavy atom. The Morgan fingerprint density at radius 2 is 1.90 bits per heavy atom. The summed E-state index contributed by atoms with van der Waals surface area (Å²) in [5.41, 5.74) is -0.289. The van der Waals surface area contributed by atoms with E-state index in [1.54, 1.807) is 0 Å². The van der Waals surface area contributed by atoms with Gasteiger partial charge >= 0.3 is 0 Å². The van der Waals surface area contributed by atoms with Crippen molar-refractivity contribution >= 4 is 31.9 Å². The van der Waals surface area contributed by atoms with Crippen LogP contribution in [0.4, 0.5) is 4.39 Å². The predicted octanol–water partition coefficient (Wildman–Crippen LogP) is 2.40. The zero-order chi connectivity index (χ0) is 16.6. The third-order valence-electron chi connectivity index (χ3n) is 3.21. The average Bonchev–Trinajstić information content (AvgIpc) is 2.29. The summed E-state index contributed by atoms with van der Waals surface area (Å²) in [6, 6.07) is 1.83. The Kier molecular flexibility index (Phi) is 5.18. The average molecular weight is 381 g/mol. The lowest BCUT2D eigenvalue weighted by atomic mass is 9.88. The first-order chi connectivity index (χ1) is 9.34. The van der Waals surface area contributed by atoms with Gasteiger partial charge in [-0.15, -0.1) is 0 Å². The van der Waals surface area contributed by atoms with E-state index in [2.05, 4.69) is 21.2 Å². The minimum absolute atomic E-state index is 0.101.